The van der Waals surface area contributed by atoms with Gasteiger partial charge in [-0.3, -0.25) is 9.59 Å². The Bertz CT molecular complexity index is 1170. The summed E-state index contributed by atoms with van der Waals surface area (Å²) in [6.07, 6.45) is -1.29. The third-order valence-electron chi connectivity index (χ3n) is 5.71. The molecule has 0 fully saturated rings. The second-order valence-corrected chi connectivity index (χ2v) is 7.95. The van der Waals surface area contributed by atoms with Gasteiger partial charge in [-0.25, -0.2) is 9.18 Å². The molecule has 8 heteroatoms. The fourth-order valence-corrected chi connectivity index (χ4v) is 4.08. The number of rotatable bonds is 8. The van der Waals surface area contributed by atoms with Crippen molar-refractivity contribution in [1.82, 2.24) is 5.32 Å². The smallest absolute Gasteiger partial charge is 0.407 e. The number of hydrogen-bond donors (Lipinski definition) is 3. The van der Waals surface area contributed by atoms with Gasteiger partial charge in [0, 0.05) is 18.0 Å². The van der Waals surface area contributed by atoms with Crippen LogP contribution in [0.4, 0.5) is 14.9 Å². The summed E-state index contributed by atoms with van der Waals surface area (Å²) in [5.74, 6) is -2.34. The first-order valence-corrected chi connectivity index (χ1v) is 10.8. The maximum atomic E-state index is 13.1. The number of halogens is 1. The molecule has 0 bridgehead atoms. The van der Waals surface area contributed by atoms with Gasteiger partial charge < -0.3 is 20.5 Å². The first-order valence-electron chi connectivity index (χ1n) is 10.8. The molecule has 0 radical (unpaired) electrons. The summed E-state index contributed by atoms with van der Waals surface area (Å²) < 4.78 is 18.6. The fourth-order valence-electron chi connectivity index (χ4n) is 4.08. The molecule has 1 aliphatic rings. The van der Waals surface area contributed by atoms with E-state index in [2.05, 4.69) is 10.6 Å². The predicted molar refractivity (Wildman–Crippen MR) is 124 cm³/mol. The van der Waals surface area contributed by atoms with E-state index in [4.69, 9.17) is 9.84 Å². The molecule has 0 spiro atoms. The summed E-state index contributed by atoms with van der Waals surface area (Å²) in [6.45, 7) is 0.0606. The summed E-state index contributed by atoms with van der Waals surface area (Å²) in [6, 6.07) is 19.8. The van der Waals surface area contributed by atoms with Crippen molar-refractivity contribution < 1.29 is 28.6 Å². The average Bonchev–Trinajstić information content (AvgIpc) is 3.15. The largest absolute Gasteiger partial charge is 0.481 e. The van der Waals surface area contributed by atoms with Crippen LogP contribution in [0.1, 0.15) is 29.9 Å². The zero-order valence-electron chi connectivity index (χ0n) is 18.2. The van der Waals surface area contributed by atoms with E-state index in [1.54, 1.807) is 0 Å². The molecule has 1 atom stereocenters. The number of carbonyl (C=O) groups excluding carboxylic acids is 2. The second kappa shape index (κ2) is 10.2. The van der Waals surface area contributed by atoms with Gasteiger partial charge in [0.05, 0.1) is 0 Å². The number of anilines is 1. The van der Waals surface area contributed by atoms with Gasteiger partial charge in [-0.1, -0.05) is 48.5 Å². The van der Waals surface area contributed by atoms with Crippen molar-refractivity contribution in [1.29, 1.82) is 0 Å². The maximum absolute atomic E-state index is 13.1. The number of amides is 2. The second-order valence-electron chi connectivity index (χ2n) is 7.95. The van der Waals surface area contributed by atoms with Crippen molar-refractivity contribution in [2.24, 2.45) is 0 Å². The van der Waals surface area contributed by atoms with Crippen LogP contribution in [-0.4, -0.2) is 35.7 Å². The van der Waals surface area contributed by atoms with Crippen molar-refractivity contribution >= 4 is 23.7 Å². The molecule has 0 saturated heterocycles. The van der Waals surface area contributed by atoms with E-state index in [1.807, 2.05) is 48.5 Å². The Morgan fingerprint density at radius 1 is 0.912 bits per heavy atom. The Morgan fingerprint density at radius 3 is 2.09 bits per heavy atom. The molecule has 0 aromatic heterocycles. The minimum absolute atomic E-state index is 0.0606. The number of hydrogen-bond acceptors (Lipinski definition) is 4. The number of carboxylic acid groups (broad SMARTS) is 1. The summed E-state index contributed by atoms with van der Waals surface area (Å²) >= 11 is 0. The summed E-state index contributed by atoms with van der Waals surface area (Å²) in [4.78, 5) is 36.3. The Balaban J connectivity index is 1.42. The first kappa shape index (κ1) is 23.0. The van der Waals surface area contributed by atoms with Crippen molar-refractivity contribution in [3.05, 3.63) is 89.7 Å². The first-order chi connectivity index (χ1) is 16.4. The zero-order valence-corrected chi connectivity index (χ0v) is 18.2. The van der Waals surface area contributed by atoms with Gasteiger partial charge in [0.25, 0.3) is 0 Å². The van der Waals surface area contributed by atoms with Crippen LogP contribution < -0.4 is 10.6 Å². The van der Waals surface area contributed by atoms with Crippen LogP contribution in [0.25, 0.3) is 11.1 Å². The van der Waals surface area contributed by atoms with Crippen molar-refractivity contribution in [3.8, 4) is 11.1 Å². The zero-order chi connectivity index (χ0) is 24.1. The predicted octanol–water partition coefficient (Wildman–Crippen LogP) is 4.54. The quantitative estimate of drug-likeness (QED) is 0.456. The molecule has 3 N–H and O–H groups in total. The third kappa shape index (κ3) is 5.23. The van der Waals surface area contributed by atoms with E-state index in [0.29, 0.717) is 5.69 Å². The van der Waals surface area contributed by atoms with Gasteiger partial charge in [-0.2, -0.15) is 0 Å². The summed E-state index contributed by atoms with van der Waals surface area (Å²) in [5, 5.41) is 14.0. The normalized spacial score (nSPS) is 12.9. The maximum Gasteiger partial charge on any atom is 0.407 e. The Kier molecular flexibility index (Phi) is 6.87. The van der Waals surface area contributed by atoms with Gasteiger partial charge in [0.2, 0.25) is 5.91 Å². The average molecular weight is 462 g/mol. The number of nitrogens with one attached hydrogen (secondary N) is 2. The molecule has 174 valence electrons. The van der Waals surface area contributed by atoms with Crippen LogP contribution in [-0.2, 0) is 14.3 Å². The Labute approximate surface area is 195 Å². The van der Waals surface area contributed by atoms with E-state index in [9.17, 15) is 18.8 Å². The van der Waals surface area contributed by atoms with E-state index < -0.39 is 29.8 Å². The number of carbonyl (C=O) groups is 3. The molecule has 3 aromatic carbocycles. The fraction of sp³-hybridized carbons (Fsp3) is 0.192. The van der Waals surface area contributed by atoms with Crippen molar-refractivity contribution in [2.75, 3.05) is 11.9 Å². The van der Waals surface area contributed by atoms with Gasteiger partial charge in [-0.05, 0) is 52.9 Å². The number of carboxylic acids is 1. The van der Waals surface area contributed by atoms with E-state index in [1.165, 1.54) is 24.3 Å². The third-order valence-corrected chi connectivity index (χ3v) is 5.71. The minimum atomic E-state index is -1.14. The van der Waals surface area contributed by atoms with E-state index >= 15 is 0 Å². The van der Waals surface area contributed by atoms with Gasteiger partial charge in [0.1, 0.15) is 18.5 Å². The number of benzene rings is 3. The topological polar surface area (TPSA) is 105 Å². The lowest BCUT2D eigenvalue weighted by Crippen LogP contribution is -2.44. The van der Waals surface area contributed by atoms with Crippen molar-refractivity contribution in [2.45, 2.75) is 24.8 Å². The summed E-state index contributed by atoms with van der Waals surface area (Å²) in [7, 11) is 0. The Hall–Kier alpha value is -4.20. The molecule has 34 heavy (non-hydrogen) atoms. The molecule has 3 aromatic rings. The monoisotopic (exact) mass is 462 g/mol. The molecular formula is C26H23FN2O5. The van der Waals surface area contributed by atoms with Crippen LogP contribution in [0.15, 0.2) is 72.8 Å². The molecule has 1 unspecified atom stereocenters. The standard InChI is InChI=1S/C26H23FN2O5/c27-16-9-11-17(12-10-16)28-25(32)23(13-14-24(30)31)29-26(33)34-15-22-20-7-3-1-5-18(20)19-6-2-4-8-21(19)22/h1-12,22-23H,13-15H2,(H,28,32)(H,29,33)(H,30,31). The molecule has 1 aliphatic carbocycles. The SMILES string of the molecule is O=C(O)CCC(NC(=O)OCC1c2ccccc2-c2ccccc21)C(=O)Nc1ccc(F)cc1. The van der Waals surface area contributed by atoms with Gasteiger partial charge in [0.15, 0.2) is 0 Å². The Morgan fingerprint density at radius 2 is 1.50 bits per heavy atom. The van der Waals surface area contributed by atoms with Crippen LogP contribution in [0.3, 0.4) is 0 Å². The molecule has 4 rings (SSSR count). The van der Waals surface area contributed by atoms with E-state index in [0.717, 1.165) is 22.3 Å². The highest BCUT2D eigenvalue weighted by Crippen LogP contribution is 2.44. The number of fused-ring (bicyclic) bond motifs is 3. The lowest BCUT2D eigenvalue weighted by atomic mass is 9.98. The molecule has 7 nitrogen and oxygen atoms in total. The molecular weight excluding hydrogens is 439 g/mol. The minimum Gasteiger partial charge on any atom is -0.481 e. The molecule has 0 aliphatic heterocycles. The highest BCUT2D eigenvalue weighted by Gasteiger charge is 2.30. The highest BCUT2D eigenvalue weighted by atomic mass is 19.1. The van der Waals surface area contributed by atoms with Crippen LogP contribution in [0.5, 0.6) is 0 Å². The highest BCUT2D eigenvalue weighted by molar-refractivity contribution is 5.96. The van der Waals surface area contributed by atoms with Gasteiger partial charge >= 0.3 is 12.1 Å². The van der Waals surface area contributed by atoms with E-state index in [-0.39, 0.29) is 25.4 Å². The number of ether oxygens (including phenoxy) is 1. The molecule has 2 amide bonds. The molecule has 0 saturated carbocycles. The summed E-state index contributed by atoms with van der Waals surface area (Å²) in [5.41, 5.74) is 4.59. The van der Waals surface area contributed by atoms with Crippen LogP contribution in [0.2, 0.25) is 0 Å². The lowest BCUT2D eigenvalue weighted by Gasteiger charge is -2.19. The van der Waals surface area contributed by atoms with Crippen LogP contribution >= 0.6 is 0 Å². The molecule has 0 heterocycles. The van der Waals surface area contributed by atoms with Gasteiger partial charge in [-0.15, -0.1) is 0 Å². The number of alkyl carbamates (subject to hydrolysis) is 1. The number of aliphatic carboxylic acids is 1. The van der Waals surface area contributed by atoms with Crippen LogP contribution in [0, 0.1) is 5.82 Å². The van der Waals surface area contributed by atoms with Crippen molar-refractivity contribution in [3.63, 3.8) is 0 Å². The lowest BCUT2D eigenvalue weighted by molar-refractivity contribution is -0.137.